The van der Waals surface area contributed by atoms with Gasteiger partial charge < -0.3 is 5.73 Å². The van der Waals surface area contributed by atoms with Crippen molar-refractivity contribution in [3.05, 3.63) is 34.9 Å². The summed E-state index contributed by atoms with van der Waals surface area (Å²) < 4.78 is 0. The van der Waals surface area contributed by atoms with Crippen LogP contribution < -0.4 is 5.73 Å². The molecule has 0 saturated carbocycles. The Morgan fingerprint density at radius 2 is 1.76 bits per heavy atom. The van der Waals surface area contributed by atoms with Gasteiger partial charge in [0.25, 0.3) is 0 Å². The molecule has 0 amide bonds. The van der Waals surface area contributed by atoms with Gasteiger partial charge in [0.1, 0.15) is 6.29 Å². The SMILES string of the molecule is CC.CCCc1cccc(C=O)c1CC.CN. The number of hydrogen-bond acceptors (Lipinski definition) is 2. The van der Waals surface area contributed by atoms with E-state index >= 15 is 0 Å². The molecule has 0 heterocycles. The molecule has 0 radical (unpaired) electrons. The highest BCUT2D eigenvalue weighted by Crippen LogP contribution is 2.15. The van der Waals surface area contributed by atoms with Crippen molar-refractivity contribution in [1.29, 1.82) is 0 Å². The van der Waals surface area contributed by atoms with Gasteiger partial charge in [-0.15, -0.1) is 0 Å². The first kappa shape index (κ1) is 18.2. The van der Waals surface area contributed by atoms with Crippen LogP contribution >= 0.6 is 0 Å². The zero-order chi connectivity index (χ0) is 13.7. The van der Waals surface area contributed by atoms with E-state index in [-0.39, 0.29) is 0 Å². The topological polar surface area (TPSA) is 43.1 Å². The predicted molar refractivity (Wildman–Crippen MR) is 76.7 cm³/mol. The minimum absolute atomic E-state index is 0.855. The van der Waals surface area contributed by atoms with Gasteiger partial charge in [-0.05, 0) is 31.0 Å². The van der Waals surface area contributed by atoms with Crippen LogP contribution in [0, 0.1) is 0 Å². The molecular weight excluding hydrogens is 210 g/mol. The molecule has 0 saturated heterocycles. The van der Waals surface area contributed by atoms with Crippen LogP contribution in [0.15, 0.2) is 18.2 Å². The van der Waals surface area contributed by atoms with E-state index in [0.717, 1.165) is 31.1 Å². The summed E-state index contributed by atoms with van der Waals surface area (Å²) in [5.41, 5.74) is 7.90. The summed E-state index contributed by atoms with van der Waals surface area (Å²) in [4.78, 5) is 10.7. The van der Waals surface area contributed by atoms with E-state index < -0.39 is 0 Å². The number of rotatable bonds is 4. The first-order chi connectivity index (χ1) is 8.33. The van der Waals surface area contributed by atoms with Crippen LogP contribution in [0.3, 0.4) is 0 Å². The monoisotopic (exact) mass is 237 g/mol. The van der Waals surface area contributed by atoms with Crippen LogP contribution in [-0.2, 0) is 12.8 Å². The van der Waals surface area contributed by atoms with Crippen molar-refractivity contribution >= 4 is 6.29 Å². The van der Waals surface area contributed by atoms with Crippen molar-refractivity contribution in [2.45, 2.75) is 47.0 Å². The fourth-order valence-electron chi connectivity index (χ4n) is 1.70. The Morgan fingerprint density at radius 3 is 2.18 bits per heavy atom. The second-order valence-electron chi connectivity index (χ2n) is 3.21. The standard InChI is InChI=1S/C12H16O.C2H6.CH5N/c1-3-6-10-7-5-8-11(9-13)12(10)4-2;2*1-2/h5,7-9H,3-4,6H2,1-2H3;1-2H3;2H2,1H3. The molecule has 0 fully saturated rings. The van der Waals surface area contributed by atoms with Gasteiger partial charge in [0.15, 0.2) is 0 Å². The van der Waals surface area contributed by atoms with E-state index in [1.807, 2.05) is 26.0 Å². The van der Waals surface area contributed by atoms with E-state index in [0.29, 0.717) is 0 Å². The van der Waals surface area contributed by atoms with Gasteiger partial charge in [0, 0.05) is 5.56 Å². The van der Waals surface area contributed by atoms with E-state index in [2.05, 4.69) is 25.6 Å². The number of hydrogen-bond donors (Lipinski definition) is 1. The molecule has 1 rings (SSSR count). The molecule has 0 atom stereocenters. The summed E-state index contributed by atoms with van der Waals surface area (Å²) in [6.07, 6.45) is 4.11. The van der Waals surface area contributed by atoms with Gasteiger partial charge in [0.05, 0.1) is 0 Å². The molecule has 17 heavy (non-hydrogen) atoms. The minimum Gasteiger partial charge on any atom is -0.333 e. The molecule has 0 aliphatic rings. The molecular formula is C15H27NO. The fourth-order valence-corrected chi connectivity index (χ4v) is 1.70. The predicted octanol–water partition coefficient (Wildman–Crippen LogP) is 3.62. The molecule has 0 aliphatic heterocycles. The average Bonchev–Trinajstić information content (AvgIpc) is 2.43. The summed E-state index contributed by atoms with van der Waals surface area (Å²) in [5.74, 6) is 0. The Kier molecular flexibility index (Phi) is 13.8. The molecule has 0 bridgehead atoms. The number of benzene rings is 1. The molecule has 0 spiro atoms. The molecule has 98 valence electrons. The highest BCUT2D eigenvalue weighted by Gasteiger charge is 2.04. The average molecular weight is 237 g/mol. The number of aryl methyl sites for hydroxylation is 1. The van der Waals surface area contributed by atoms with Crippen LogP contribution in [0.4, 0.5) is 0 Å². The fraction of sp³-hybridized carbons (Fsp3) is 0.533. The van der Waals surface area contributed by atoms with E-state index in [1.54, 1.807) is 0 Å². The quantitative estimate of drug-likeness (QED) is 0.813. The van der Waals surface area contributed by atoms with Crippen molar-refractivity contribution in [2.75, 3.05) is 7.05 Å². The van der Waals surface area contributed by atoms with Crippen LogP contribution in [-0.4, -0.2) is 13.3 Å². The molecule has 2 heteroatoms. The molecule has 1 aromatic carbocycles. The third kappa shape index (κ3) is 6.22. The molecule has 2 nitrogen and oxygen atoms in total. The Morgan fingerprint density at radius 1 is 1.18 bits per heavy atom. The zero-order valence-electron chi connectivity index (χ0n) is 11.9. The highest BCUT2D eigenvalue weighted by atomic mass is 16.1. The number of nitrogens with two attached hydrogens (primary N) is 1. The second-order valence-corrected chi connectivity index (χ2v) is 3.21. The lowest BCUT2D eigenvalue weighted by atomic mass is 9.97. The van der Waals surface area contributed by atoms with Crippen LogP contribution in [0.25, 0.3) is 0 Å². The lowest BCUT2D eigenvalue weighted by Crippen LogP contribution is -1.97. The largest absolute Gasteiger partial charge is 0.333 e. The summed E-state index contributed by atoms with van der Waals surface area (Å²) >= 11 is 0. The van der Waals surface area contributed by atoms with Crippen molar-refractivity contribution in [3.8, 4) is 0 Å². The van der Waals surface area contributed by atoms with Gasteiger partial charge in [0.2, 0.25) is 0 Å². The number of aldehydes is 1. The van der Waals surface area contributed by atoms with Crippen LogP contribution in [0.1, 0.15) is 55.6 Å². The van der Waals surface area contributed by atoms with Crippen LogP contribution in [0.5, 0.6) is 0 Å². The zero-order valence-corrected chi connectivity index (χ0v) is 11.9. The lowest BCUT2D eigenvalue weighted by Gasteiger charge is -2.08. The Bertz CT molecular complexity index is 295. The first-order valence-corrected chi connectivity index (χ1v) is 6.47. The normalized spacial score (nSPS) is 8.35. The second kappa shape index (κ2) is 12.9. The third-order valence-corrected chi connectivity index (χ3v) is 2.31. The van der Waals surface area contributed by atoms with Crippen molar-refractivity contribution in [1.82, 2.24) is 0 Å². The molecule has 1 aromatic rings. The maximum Gasteiger partial charge on any atom is 0.150 e. The molecule has 0 aromatic heterocycles. The molecule has 2 N–H and O–H groups in total. The van der Waals surface area contributed by atoms with E-state index in [4.69, 9.17) is 0 Å². The Hall–Kier alpha value is -1.15. The lowest BCUT2D eigenvalue weighted by molar-refractivity contribution is 0.112. The Labute approximate surface area is 106 Å². The summed E-state index contributed by atoms with van der Waals surface area (Å²) in [6, 6.07) is 5.98. The number of carbonyl (C=O) groups excluding carboxylic acids is 1. The summed E-state index contributed by atoms with van der Waals surface area (Å²) in [6.45, 7) is 8.26. The smallest absolute Gasteiger partial charge is 0.150 e. The third-order valence-electron chi connectivity index (χ3n) is 2.31. The van der Waals surface area contributed by atoms with Gasteiger partial charge in [-0.25, -0.2) is 0 Å². The molecule has 0 unspecified atom stereocenters. The maximum absolute atomic E-state index is 10.7. The van der Waals surface area contributed by atoms with Crippen molar-refractivity contribution in [3.63, 3.8) is 0 Å². The maximum atomic E-state index is 10.7. The summed E-state index contributed by atoms with van der Waals surface area (Å²) in [7, 11) is 1.50. The Balaban J connectivity index is 0. The number of carbonyl (C=O) groups is 1. The molecule has 0 aliphatic carbocycles. The summed E-state index contributed by atoms with van der Waals surface area (Å²) in [5, 5.41) is 0. The highest BCUT2D eigenvalue weighted by molar-refractivity contribution is 5.77. The van der Waals surface area contributed by atoms with Gasteiger partial charge >= 0.3 is 0 Å². The first-order valence-electron chi connectivity index (χ1n) is 6.47. The van der Waals surface area contributed by atoms with Gasteiger partial charge in [-0.3, -0.25) is 4.79 Å². The van der Waals surface area contributed by atoms with Gasteiger partial charge in [-0.2, -0.15) is 0 Å². The minimum atomic E-state index is 0.855. The van der Waals surface area contributed by atoms with Crippen LogP contribution in [0.2, 0.25) is 0 Å². The van der Waals surface area contributed by atoms with E-state index in [9.17, 15) is 4.79 Å². The van der Waals surface area contributed by atoms with Crippen molar-refractivity contribution in [2.24, 2.45) is 5.73 Å². The van der Waals surface area contributed by atoms with Crippen molar-refractivity contribution < 1.29 is 4.79 Å². The van der Waals surface area contributed by atoms with E-state index in [1.165, 1.54) is 18.2 Å². The van der Waals surface area contributed by atoms with Gasteiger partial charge in [-0.1, -0.05) is 52.3 Å².